The summed E-state index contributed by atoms with van der Waals surface area (Å²) in [5, 5.41) is 9.49. The molecular weight excluding hydrogens is 554 g/mol. The van der Waals surface area contributed by atoms with Crippen molar-refractivity contribution in [1.29, 1.82) is 5.26 Å². The van der Waals surface area contributed by atoms with Gasteiger partial charge in [-0.25, -0.2) is 8.78 Å². The Morgan fingerprint density at radius 3 is 2.86 bits per heavy atom. The van der Waals surface area contributed by atoms with Gasteiger partial charge < -0.3 is 24.2 Å². The zero-order valence-electron chi connectivity index (χ0n) is 24.8. The molecule has 0 bridgehead atoms. The SMILES string of the molecule is C=C(F)C(=O)N1CCN(c2nc(OC[C@@H]3CCCN3C)nc3c2CCC2(COC(C)c4c(F)cccc42)C3)C[C@@H]1CC#N. The second-order valence-corrected chi connectivity index (χ2v) is 12.3. The van der Waals surface area contributed by atoms with Crippen LogP contribution < -0.4 is 9.64 Å². The summed E-state index contributed by atoms with van der Waals surface area (Å²) in [5.41, 5.74) is 2.98. The second kappa shape index (κ2) is 11.8. The van der Waals surface area contributed by atoms with Crippen LogP contribution >= 0.6 is 0 Å². The smallest absolute Gasteiger partial charge is 0.318 e. The molecule has 2 aromatic rings. The van der Waals surface area contributed by atoms with Gasteiger partial charge >= 0.3 is 6.01 Å². The predicted octanol–water partition coefficient (Wildman–Crippen LogP) is 4.02. The molecule has 1 aromatic heterocycles. The summed E-state index contributed by atoms with van der Waals surface area (Å²) in [6.45, 7) is 7.97. The molecule has 0 saturated carbocycles. The summed E-state index contributed by atoms with van der Waals surface area (Å²) < 4.78 is 41.2. The molecule has 0 N–H and O–H groups in total. The Kier molecular flexibility index (Phi) is 8.09. The molecule has 43 heavy (non-hydrogen) atoms. The summed E-state index contributed by atoms with van der Waals surface area (Å²) >= 11 is 0. The van der Waals surface area contributed by atoms with Crippen LogP contribution in [0.5, 0.6) is 6.01 Å². The fraction of sp³-hybridized carbons (Fsp3) is 0.562. The molecule has 1 spiro atoms. The van der Waals surface area contributed by atoms with Crippen molar-refractivity contribution >= 4 is 11.7 Å². The fourth-order valence-electron chi connectivity index (χ4n) is 7.32. The number of anilines is 1. The number of hydrogen-bond acceptors (Lipinski definition) is 8. The van der Waals surface area contributed by atoms with Crippen LogP contribution in [0.25, 0.3) is 0 Å². The van der Waals surface area contributed by atoms with E-state index in [1.165, 1.54) is 11.0 Å². The van der Waals surface area contributed by atoms with Gasteiger partial charge in [-0.05, 0) is 57.8 Å². The van der Waals surface area contributed by atoms with Crippen molar-refractivity contribution in [3.8, 4) is 12.1 Å². The van der Waals surface area contributed by atoms with E-state index in [1.807, 2.05) is 13.0 Å². The number of benzene rings is 1. The molecule has 228 valence electrons. The Labute approximate surface area is 251 Å². The number of aromatic nitrogens is 2. The Balaban J connectivity index is 1.36. The first-order valence-electron chi connectivity index (χ1n) is 15.1. The monoisotopic (exact) mass is 592 g/mol. The second-order valence-electron chi connectivity index (χ2n) is 12.3. The van der Waals surface area contributed by atoms with E-state index in [0.29, 0.717) is 50.5 Å². The lowest BCUT2D eigenvalue weighted by Crippen LogP contribution is -2.56. The third-order valence-electron chi connectivity index (χ3n) is 9.73. The van der Waals surface area contributed by atoms with Crippen molar-refractivity contribution in [2.75, 3.05) is 51.3 Å². The van der Waals surface area contributed by atoms with Crippen molar-refractivity contribution in [1.82, 2.24) is 19.8 Å². The lowest BCUT2D eigenvalue weighted by atomic mass is 9.66. The van der Waals surface area contributed by atoms with Gasteiger partial charge in [0.25, 0.3) is 5.91 Å². The fourth-order valence-corrected chi connectivity index (χ4v) is 7.32. The van der Waals surface area contributed by atoms with Gasteiger partial charge in [-0.1, -0.05) is 18.7 Å². The quantitative estimate of drug-likeness (QED) is 0.465. The van der Waals surface area contributed by atoms with Gasteiger partial charge in [0.1, 0.15) is 18.2 Å². The summed E-state index contributed by atoms with van der Waals surface area (Å²) in [4.78, 5) is 28.1. The Bertz CT molecular complexity index is 1460. The lowest BCUT2D eigenvalue weighted by molar-refractivity contribution is -0.131. The summed E-state index contributed by atoms with van der Waals surface area (Å²) in [6.07, 6.45) is 3.81. The zero-order chi connectivity index (χ0) is 30.3. The number of carbonyl (C=O) groups is 1. The van der Waals surface area contributed by atoms with E-state index < -0.39 is 23.2 Å². The van der Waals surface area contributed by atoms with Gasteiger partial charge in [0.15, 0.2) is 5.83 Å². The number of ether oxygens (including phenoxy) is 2. The van der Waals surface area contributed by atoms with Crippen molar-refractivity contribution < 1.29 is 23.0 Å². The summed E-state index contributed by atoms with van der Waals surface area (Å²) in [5.74, 6) is -1.36. The summed E-state index contributed by atoms with van der Waals surface area (Å²) in [7, 11) is 2.09. The van der Waals surface area contributed by atoms with Gasteiger partial charge in [-0.2, -0.15) is 15.2 Å². The van der Waals surface area contributed by atoms with Gasteiger partial charge in [-0.15, -0.1) is 0 Å². The average Bonchev–Trinajstić information content (AvgIpc) is 3.41. The standard InChI is InChI=1S/C32H38F2N6O3/c1-20(33)30(41)40-15-14-39(17-22(40)10-12-35)29-24-9-11-32(19-43-21(2)28-25(32)7-4-8-26(28)34)16-27(24)36-31(37-29)42-18-23-6-5-13-38(23)3/h4,7-8,21-23H,1,5-6,9-11,13-19H2,2-3H3/t21?,22-,23-,32?/m0/s1. The van der Waals surface area contributed by atoms with E-state index in [9.17, 15) is 14.4 Å². The van der Waals surface area contributed by atoms with Gasteiger partial charge in [0.2, 0.25) is 0 Å². The molecule has 4 heterocycles. The Morgan fingerprint density at radius 1 is 1.28 bits per heavy atom. The van der Waals surface area contributed by atoms with Crippen LogP contribution in [0.4, 0.5) is 14.6 Å². The largest absolute Gasteiger partial charge is 0.462 e. The van der Waals surface area contributed by atoms with Crippen molar-refractivity contribution in [2.24, 2.45) is 0 Å². The number of likely N-dealkylation sites (N-methyl/N-ethyl adjacent to an activating group) is 1. The van der Waals surface area contributed by atoms with E-state index in [0.717, 1.165) is 42.6 Å². The van der Waals surface area contributed by atoms with Crippen LogP contribution in [0.15, 0.2) is 30.6 Å². The molecule has 0 radical (unpaired) electrons. The highest BCUT2D eigenvalue weighted by Gasteiger charge is 2.45. The number of nitrogens with zero attached hydrogens (tertiary/aromatic N) is 6. The van der Waals surface area contributed by atoms with Crippen LogP contribution in [0.2, 0.25) is 0 Å². The molecule has 9 nitrogen and oxygen atoms in total. The van der Waals surface area contributed by atoms with Crippen LogP contribution in [0, 0.1) is 17.1 Å². The molecule has 11 heteroatoms. The number of fused-ring (bicyclic) bond motifs is 3. The molecule has 4 atom stereocenters. The molecule has 1 amide bonds. The maximum Gasteiger partial charge on any atom is 0.318 e. The first-order valence-corrected chi connectivity index (χ1v) is 15.1. The highest BCUT2D eigenvalue weighted by atomic mass is 19.1. The molecule has 1 aliphatic carbocycles. The van der Waals surface area contributed by atoms with Crippen LogP contribution in [-0.4, -0.2) is 84.2 Å². The number of piperazine rings is 1. The highest BCUT2D eigenvalue weighted by Crippen LogP contribution is 2.47. The Morgan fingerprint density at radius 2 is 2.12 bits per heavy atom. The van der Waals surface area contributed by atoms with E-state index in [4.69, 9.17) is 19.4 Å². The number of rotatable bonds is 6. The number of likely N-dealkylation sites (tertiary alicyclic amines) is 1. The molecule has 1 aromatic carbocycles. The van der Waals surface area contributed by atoms with Crippen molar-refractivity contribution in [2.45, 2.75) is 69.1 Å². The minimum atomic E-state index is -1.03. The minimum absolute atomic E-state index is 0.0567. The van der Waals surface area contributed by atoms with E-state index >= 15 is 4.39 Å². The van der Waals surface area contributed by atoms with Gasteiger partial charge in [-0.3, -0.25) is 4.79 Å². The molecule has 3 aliphatic heterocycles. The average molecular weight is 593 g/mol. The molecular formula is C32H38F2N6O3. The van der Waals surface area contributed by atoms with E-state index in [1.54, 1.807) is 6.07 Å². The number of nitriles is 1. The highest BCUT2D eigenvalue weighted by molar-refractivity contribution is 5.91. The van der Waals surface area contributed by atoms with Crippen LogP contribution in [0.1, 0.15) is 61.1 Å². The third-order valence-corrected chi connectivity index (χ3v) is 9.73. The number of hydrogen-bond donors (Lipinski definition) is 0. The van der Waals surface area contributed by atoms with E-state index in [-0.39, 0.29) is 36.9 Å². The number of amides is 1. The maximum atomic E-state index is 15.0. The molecule has 6 rings (SSSR count). The molecule has 2 saturated heterocycles. The van der Waals surface area contributed by atoms with E-state index in [2.05, 4.69) is 29.5 Å². The number of carbonyl (C=O) groups excluding carboxylic acids is 1. The third kappa shape index (κ3) is 5.47. The van der Waals surface area contributed by atoms with Gasteiger partial charge in [0, 0.05) is 48.6 Å². The van der Waals surface area contributed by atoms with Crippen LogP contribution in [-0.2, 0) is 27.8 Å². The predicted molar refractivity (Wildman–Crippen MR) is 156 cm³/mol. The van der Waals surface area contributed by atoms with Gasteiger partial charge in [0.05, 0.1) is 36.9 Å². The first-order chi connectivity index (χ1) is 20.7. The lowest BCUT2D eigenvalue weighted by Gasteiger charge is -2.45. The zero-order valence-corrected chi connectivity index (χ0v) is 24.8. The topological polar surface area (TPSA) is 94.8 Å². The number of halogens is 2. The van der Waals surface area contributed by atoms with Crippen LogP contribution in [0.3, 0.4) is 0 Å². The first kappa shape index (κ1) is 29.5. The van der Waals surface area contributed by atoms with Crippen molar-refractivity contribution in [3.05, 3.63) is 58.8 Å². The summed E-state index contributed by atoms with van der Waals surface area (Å²) in [6, 6.07) is 7.45. The van der Waals surface area contributed by atoms with Crippen molar-refractivity contribution in [3.63, 3.8) is 0 Å². The molecule has 2 unspecified atom stereocenters. The normalized spacial score (nSPS) is 27.0. The Hall–Kier alpha value is -3.62. The molecule has 2 fully saturated rings. The minimum Gasteiger partial charge on any atom is -0.462 e. The maximum absolute atomic E-state index is 15.0. The molecule has 4 aliphatic rings.